The van der Waals surface area contributed by atoms with E-state index in [4.69, 9.17) is 0 Å². The Kier molecular flexibility index (Phi) is 2.96. The number of rotatable bonds is 2. The van der Waals surface area contributed by atoms with Crippen LogP contribution in [0.15, 0.2) is 0 Å². The van der Waals surface area contributed by atoms with E-state index in [0.717, 1.165) is 36.5 Å². The number of carbonyl (C=O) groups excluding carboxylic acids is 1. The SMILES string of the molecule is Cc1nn(C)c(C)c1NC(=O)C1CCCN1. The van der Waals surface area contributed by atoms with Crippen LogP contribution in [0.5, 0.6) is 0 Å². The van der Waals surface area contributed by atoms with Crippen LogP contribution in [0.1, 0.15) is 24.2 Å². The number of aromatic nitrogens is 2. The lowest BCUT2D eigenvalue weighted by Gasteiger charge is -2.11. The van der Waals surface area contributed by atoms with Crippen molar-refractivity contribution in [3.05, 3.63) is 11.4 Å². The highest BCUT2D eigenvalue weighted by molar-refractivity contribution is 5.95. The highest BCUT2D eigenvalue weighted by atomic mass is 16.2. The molecule has 2 heterocycles. The standard InChI is InChI=1S/C11H18N4O/c1-7-10(8(2)15(3)14-7)13-11(16)9-5-4-6-12-9/h9,12H,4-6H2,1-3H3,(H,13,16). The summed E-state index contributed by atoms with van der Waals surface area (Å²) in [5.74, 6) is 0.0525. The van der Waals surface area contributed by atoms with Gasteiger partial charge in [-0.1, -0.05) is 0 Å². The molecule has 1 fully saturated rings. The van der Waals surface area contributed by atoms with Crippen LogP contribution in [0.2, 0.25) is 0 Å². The van der Waals surface area contributed by atoms with E-state index in [9.17, 15) is 4.79 Å². The molecule has 1 unspecified atom stereocenters. The van der Waals surface area contributed by atoms with Gasteiger partial charge >= 0.3 is 0 Å². The Bertz CT molecular complexity index is 404. The molecule has 1 saturated heterocycles. The second-order valence-corrected chi connectivity index (χ2v) is 4.31. The van der Waals surface area contributed by atoms with Gasteiger partial charge in [-0.15, -0.1) is 0 Å². The van der Waals surface area contributed by atoms with Crippen LogP contribution in [0.25, 0.3) is 0 Å². The number of hydrogen-bond acceptors (Lipinski definition) is 3. The molecule has 0 aliphatic carbocycles. The van der Waals surface area contributed by atoms with E-state index in [0.29, 0.717) is 0 Å². The fraction of sp³-hybridized carbons (Fsp3) is 0.636. The third-order valence-electron chi connectivity index (χ3n) is 3.13. The van der Waals surface area contributed by atoms with Gasteiger partial charge in [0.1, 0.15) is 0 Å². The summed E-state index contributed by atoms with van der Waals surface area (Å²) >= 11 is 0. The molecule has 1 atom stereocenters. The summed E-state index contributed by atoms with van der Waals surface area (Å²) in [5, 5.41) is 10.4. The van der Waals surface area contributed by atoms with E-state index in [1.807, 2.05) is 20.9 Å². The average Bonchev–Trinajstić information content (AvgIpc) is 2.83. The first-order valence-electron chi connectivity index (χ1n) is 5.64. The van der Waals surface area contributed by atoms with Gasteiger partial charge in [0.05, 0.1) is 23.1 Å². The lowest BCUT2D eigenvalue weighted by Crippen LogP contribution is -2.35. The van der Waals surface area contributed by atoms with Crippen LogP contribution in [-0.2, 0) is 11.8 Å². The minimum Gasteiger partial charge on any atom is -0.322 e. The van der Waals surface area contributed by atoms with E-state index in [1.54, 1.807) is 4.68 Å². The third kappa shape index (κ3) is 1.95. The Morgan fingerprint density at radius 3 is 2.81 bits per heavy atom. The first-order valence-corrected chi connectivity index (χ1v) is 5.64. The Morgan fingerprint density at radius 1 is 1.56 bits per heavy atom. The number of anilines is 1. The van der Waals surface area contributed by atoms with Crippen LogP contribution in [0.3, 0.4) is 0 Å². The highest BCUT2D eigenvalue weighted by Crippen LogP contribution is 2.19. The largest absolute Gasteiger partial charge is 0.322 e. The number of carbonyl (C=O) groups is 1. The average molecular weight is 222 g/mol. The first-order chi connectivity index (χ1) is 7.59. The highest BCUT2D eigenvalue weighted by Gasteiger charge is 2.23. The molecule has 1 aromatic heterocycles. The number of amides is 1. The van der Waals surface area contributed by atoms with Gasteiger partial charge < -0.3 is 10.6 Å². The summed E-state index contributed by atoms with van der Waals surface area (Å²) in [4.78, 5) is 11.9. The lowest BCUT2D eigenvalue weighted by molar-refractivity contribution is -0.117. The fourth-order valence-electron chi connectivity index (χ4n) is 2.07. The molecule has 0 bridgehead atoms. The molecule has 0 radical (unpaired) electrons. The number of nitrogens with one attached hydrogen (secondary N) is 2. The molecule has 1 amide bonds. The van der Waals surface area contributed by atoms with Gasteiger partial charge in [0.15, 0.2) is 0 Å². The van der Waals surface area contributed by atoms with E-state index >= 15 is 0 Å². The quantitative estimate of drug-likeness (QED) is 0.775. The summed E-state index contributed by atoms with van der Waals surface area (Å²) in [6.45, 7) is 4.80. The zero-order valence-electron chi connectivity index (χ0n) is 10.0. The monoisotopic (exact) mass is 222 g/mol. The van der Waals surface area contributed by atoms with Gasteiger partial charge in [-0.05, 0) is 33.2 Å². The molecule has 5 heteroatoms. The Balaban J connectivity index is 2.11. The third-order valence-corrected chi connectivity index (χ3v) is 3.13. The second kappa shape index (κ2) is 4.25. The summed E-state index contributed by atoms with van der Waals surface area (Å²) in [7, 11) is 1.88. The van der Waals surface area contributed by atoms with E-state index in [-0.39, 0.29) is 11.9 Å². The van der Waals surface area contributed by atoms with Gasteiger partial charge in [-0.25, -0.2) is 0 Å². The molecule has 1 aliphatic rings. The summed E-state index contributed by atoms with van der Waals surface area (Å²) in [6.07, 6.45) is 1.99. The van der Waals surface area contributed by atoms with Crippen LogP contribution in [-0.4, -0.2) is 28.3 Å². The minimum absolute atomic E-state index is 0.0426. The van der Waals surface area contributed by atoms with Crippen molar-refractivity contribution in [2.75, 3.05) is 11.9 Å². The number of nitrogens with zero attached hydrogens (tertiary/aromatic N) is 2. The van der Waals surface area contributed by atoms with E-state index in [2.05, 4.69) is 15.7 Å². The summed E-state index contributed by atoms with van der Waals surface area (Å²) < 4.78 is 1.78. The van der Waals surface area contributed by atoms with Crippen molar-refractivity contribution in [3.63, 3.8) is 0 Å². The number of aryl methyl sites for hydroxylation is 2. The topological polar surface area (TPSA) is 59.0 Å². The van der Waals surface area contributed by atoms with Gasteiger partial charge in [0, 0.05) is 7.05 Å². The van der Waals surface area contributed by atoms with Gasteiger partial charge in [-0.3, -0.25) is 9.48 Å². The van der Waals surface area contributed by atoms with E-state index < -0.39 is 0 Å². The first kappa shape index (κ1) is 11.1. The Labute approximate surface area is 95.2 Å². The van der Waals surface area contributed by atoms with Crippen LogP contribution < -0.4 is 10.6 Å². The molecule has 0 aromatic carbocycles. The molecular formula is C11H18N4O. The molecule has 5 nitrogen and oxygen atoms in total. The maximum atomic E-state index is 11.9. The lowest BCUT2D eigenvalue weighted by atomic mass is 10.2. The van der Waals surface area contributed by atoms with Crippen molar-refractivity contribution < 1.29 is 4.79 Å². The van der Waals surface area contributed by atoms with Crippen LogP contribution in [0, 0.1) is 13.8 Å². The van der Waals surface area contributed by atoms with Crippen molar-refractivity contribution in [2.24, 2.45) is 7.05 Å². The van der Waals surface area contributed by atoms with E-state index in [1.165, 1.54) is 0 Å². The minimum atomic E-state index is -0.0426. The molecule has 0 saturated carbocycles. The maximum Gasteiger partial charge on any atom is 0.241 e. The van der Waals surface area contributed by atoms with Crippen molar-refractivity contribution in [1.29, 1.82) is 0 Å². The fourth-order valence-corrected chi connectivity index (χ4v) is 2.07. The normalized spacial score (nSPS) is 20.1. The molecule has 2 rings (SSSR count). The van der Waals surface area contributed by atoms with Gasteiger partial charge in [0.25, 0.3) is 0 Å². The summed E-state index contributed by atoms with van der Waals surface area (Å²) in [5.41, 5.74) is 2.70. The van der Waals surface area contributed by atoms with Crippen molar-refractivity contribution >= 4 is 11.6 Å². The van der Waals surface area contributed by atoms with Crippen LogP contribution in [0.4, 0.5) is 5.69 Å². The smallest absolute Gasteiger partial charge is 0.241 e. The Hall–Kier alpha value is -1.36. The zero-order chi connectivity index (χ0) is 11.7. The molecule has 16 heavy (non-hydrogen) atoms. The van der Waals surface area contributed by atoms with Crippen molar-refractivity contribution in [2.45, 2.75) is 32.7 Å². The second-order valence-electron chi connectivity index (χ2n) is 4.31. The predicted molar refractivity (Wildman–Crippen MR) is 62.3 cm³/mol. The molecule has 2 N–H and O–H groups in total. The van der Waals surface area contributed by atoms with Gasteiger partial charge in [0.2, 0.25) is 5.91 Å². The van der Waals surface area contributed by atoms with Gasteiger partial charge in [-0.2, -0.15) is 5.10 Å². The Morgan fingerprint density at radius 2 is 2.31 bits per heavy atom. The zero-order valence-corrected chi connectivity index (χ0v) is 10.0. The number of hydrogen-bond donors (Lipinski definition) is 2. The van der Waals surface area contributed by atoms with Crippen molar-refractivity contribution in [1.82, 2.24) is 15.1 Å². The molecule has 0 spiro atoms. The molecular weight excluding hydrogens is 204 g/mol. The maximum absolute atomic E-state index is 11.9. The molecule has 88 valence electrons. The summed E-state index contributed by atoms with van der Waals surface area (Å²) in [6, 6.07) is -0.0426. The molecule has 1 aliphatic heterocycles. The van der Waals surface area contributed by atoms with Crippen LogP contribution >= 0.6 is 0 Å². The van der Waals surface area contributed by atoms with Crippen molar-refractivity contribution in [3.8, 4) is 0 Å². The molecule has 1 aromatic rings. The predicted octanol–water partition coefficient (Wildman–Crippen LogP) is 0.727.